The van der Waals surface area contributed by atoms with Crippen LogP contribution in [-0.4, -0.2) is 77.7 Å². The van der Waals surface area contributed by atoms with Crippen molar-refractivity contribution in [1.29, 1.82) is 0 Å². The highest BCUT2D eigenvalue weighted by Gasteiger charge is 2.48. The predicted octanol–water partition coefficient (Wildman–Crippen LogP) is 5.74. The lowest BCUT2D eigenvalue weighted by atomic mass is 9.87. The molecule has 10 heteroatoms. The number of hydrogen-bond donors (Lipinski definition) is 0. The first-order chi connectivity index (χ1) is 21.6. The van der Waals surface area contributed by atoms with E-state index in [0.29, 0.717) is 59.3 Å². The second kappa shape index (κ2) is 13.2. The summed E-state index contributed by atoms with van der Waals surface area (Å²) >= 11 is 1.38. The van der Waals surface area contributed by atoms with Gasteiger partial charge in [-0.2, -0.15) is 0 Å². The third-order valence-electron chi connectivity index (χ3n) is 8.10. The van der Waals surface area contributed by atoms with Gasteiger partial charge in [-0.05, 0) is 43.9 Å². The van der Waals surface area contributed by atoms with Crippen molar-refractivity contribution in [3.05, 3.63) is 70.1 Å². The van der Waals surface area contributed by atoms with E-state index in [4.69, 9.17) is 18.9 Å². The number of carbonyl (C=O) groups excluding carboxylic acids is 4. The van der Waals surface area contributed by atoms with Crippen molar-refractivity contribution in [2.45, 2.75) is 83.5 Å². The Morgan fingerprint density at radius 1 is 0.935 bits per heavy atom. The normalized spacial score (nSPS) is 20.6. The van der Waals surface area contributed by atoms with Gasteiger partial charge in [-0.25, -0.2) is 0 Å². The molecule has 3 aliphatic rings. The molecule has 2 aromatic rings. The van der Waals surface area contributed by atoms with Crippen LogP contribution in [-0.2, 0) is 34.0 Å². The number of rotatable bonds is 9. The van der Waals surface area contributed by atoms with Crippen molar-refractivity contribution >= 4 is 41.0 Å². The third kappa shape index (κ3) is 8.01. The summed E-state index contributed by atoms with van der Waals surface area (Å²) < 4.78 is 23.9. The first kappa shape index (κ1) is 33.7. The maximum atomic E-state index is 12.9. The Morgan fingerprint density at radius 3 is 2.28 bits per heavy atom. The molecule has 2 aliphatic heterocycles. The highest BCUT2D eigenvalue weighted by Crippen LogP contribution is 2.46. The van der Waals surface area contributed by atoms with Crippen LogP contribution in [0, 0.1) is 0 Å². The lowest BCUT2D eigenvalue weighted by molar-refractivity contribution is -0.160. The maximum Gasteiger partial charge on any atom is 0.306 e. The first-order valence-electron chi connectivity index (χ1n) is 15.7. The second-order valence-corrected chi connectivity index (χ2v) is 15.2. The fraction of sp³-hybridized carbons (Fsp3) is 0.500. The third-order valence-corrected chi connectivity index (χ3v) is 9.43. The fourth-order valence-corrected chi connectivity index (χ4v) is 7.00. The minimum atomic E-state index is -0.635. The number of ether oxygens (including phenoxy) is 4. The van der Waals surface area contributed by atoms with Gasteiger partial charge in [0, 0.05) is 42.9 Å². The fourth-order valence-electron chi connectivity index (χ4n) is 5.79. The monoisotopic (exact) mass is 649 g/mol. The van der Waals surface area contributed by atoms with Crippen molar-refractivity contribution in [3.8, 4) is 5.75 Å². The molecule has 1 spiro atoms. The van der Waals surface area contributed by atoms with E-state index in [1.165, 1.54) is 17.3 Å². The molecule has 46 heavy (non-hydrogen) atoms. The molecule has 0 bridgehead atoms. The zero-order valence-electron chi connectivity index (χ0n) is 27.5. The minimum Gasteiger partial charge on any atom is -0.490 e. The van der Waals surface area contributed by atoms with E-state index in [0.717, 1.165) is 0 Å². The zero-order valence-corrected chi connectivity index (χ0v) is 28.3. The number of thioether (sulfide) groups is 1. The summed E-state index contributed by atoms with van der Waals surface area (Å²) in [4.78, 5) is 53.2. The minimum absolute atomic E-state index is 0.00918. The standard InChI is InChI=1S/C36H43NO8S/c1-34(2,3)23-11-13-24(14-12-23)42-20-25(43-28(38)15-16-29(39)44-35(4,5)6)19-37-18-17-36(21-37)22-46-33-31(41)30(40)26-9-7-8-10-27(26)32(33)45-36/h7-14,25H,15-22H2,1-6H3/t25-,36?/m0/s1. The van der Waals surface area contributed by atoms with E-state index >= 15 is 0 Å². The SMILES string of the molecule is CC(C)(C)OC(=O)CCC(=O)O[C@H](COc1ccc(C(C)(C)C)cc1)CN1CCC2(CSC3=C(O2)c2ccccc2C(=O)C3=O)C1. The van der Waals surface area contributed by atoms with E-state index in [-0.39, 0.29) is 24.9 Å². The van der Waals surface area contributed by atoms with Crippen LogP contribution >= 0.6 is 11.8 Å². The number of Topliss-reactive ketones (excluding diaryl/α,β-unsaturated/α-hetero) is 2. The van der Waals surface area contributed by atoms with E-state index in [1.54, 1.807) is 32.9 Å². The Balaban J connectivity index is 1.25. The van der Waals surface area contributed by atoms with E-state index in [1.807, 2.05) is 36.4 Å². The number of fused-ring (bicyclic) bond motifs is 2. The van der Waals surface area contributed by atoms with Crippen LogP contribution in [0.1, 0.15) is 82.3 Å². The Kier molecular flexibility index (Phi) is 9.70. The predicted molar refractivity (Wildman–Crippen MR) is 176 cm³/mol. The molecule has 5 rings (SSSR count). The Bertz CT molecular complexity index is 1530. The molecule has 0 saturated carbocycles. The summed E-state index contributed by atoms with van der Waals surface area (Å²) in [7, 11) is 0. The van der Waals surface area contributed by atoms with Crippen molar-refractivity contribution in [1.82, 2.24) is 4.90 Å². The van der Waals surface area contributed by atoms with E-state index < -0.39 is 40.8 Å². The second-order valence-electron chi connectivity index (χ2n) is 14.2. The van der Waals surface area contributed by atoms with Crippen LogP contribution in [0.4, 0.5) is 0 Å². The van der Waals surface area contributed by atoms with Crippen LogP contribution in [0.3, 0.4) is 0 Å². The molecular formula is C36H43NO8S. The van der Waals surface area contributed by atoms with Gasteiger partial charge >= 0.3 is 11.9 Å². The number of hydrogen-bond acceptors (Lipinski definition) is 10. The molecule has 1 unspecified atom stereocenters. The summed E-state index contributed by atoms with van der Waals surface area (Å²) in [6.45, 7) is 13.5. The van der Waals surface area contributed by atoms with Crippen LogP contribution in [0.5, 0.6) is 5.75 Å². The molecule has 9 nitrogen and oxygen atoms in total. The van der Waals surface area contributed by atoms with Gasteiger partial charge in [-0.1, -0.05) is 57.2 Å². The van der Waals surface area contributed by atoms with E-state index in [9.17, 15) is 19.2 Å². The summed E-state index contributed by atoms with van der Waals surface area (Å²) in [5, 5.41) is 0. The van der Waals surface area contributed by atoms with Gasteiger partial charge in [-0.15, -0.1) is 11.8 Å². The number of nitrogens with zero attached hydrogens (tertiary/aromatic N) is 1. The molecule has 2 heterocycles. The molecular weight excluding hydrogens is 606 g/mol. The molecule has 2 aromatic carbocycles. The topological polar surface area (TPSA) is 108 Å². The smallest absolute Gasteiger partial charge is 0.306 e. The maximum absolute atomic E-state index is 12.9. The average Bonchev–Trinajstić information content (AvgIpc) is 3.37. The molecule has 246 valence electrons. The number of benzene rings is 2. The molecule has 1 aliphatic carbocycles. The Hall–Kier alpha value is -3.63. The number of likely N-dealkylation sites (tertiary alicyclic amines) is 1. The number of ketones is 2. The molecule has 0 amide bonds. The Morgan fingerprint density at radius 2 is 1.61 bits per heavy atom. The molecule has 1 saturated heterocycles. The summed E-state index contributed by atoms with van der Waals surface area (Å²) in [5.74, 6) is -0.304. The van der Waals surface area contributed by atoms with Crippen molar-refractivity contribution < 1.29 is 38.1 Å². The molecule has 0 radical (unpaired) electrons. The highest BCUT2D eigenvalue weighted by atomic mass is 32.2. The van der Waals surface area contributed by atoms with Crippen molar-refractivity contribution in [2.24, 2.45) is 0 Å². The Labute approximate surface area is 275 Å². The lowest BCUT2D eigenvalue weighted by Gasteiger charge is -2.38. The number of allylic oxidation sites excluding steroid dienone is 1. The highest BCUT2D eigenvalue weighted by molar-refractivity contribution is 8.04. The molecule has 2 atom stereocenters. The van der Waals surface area contributed by atoms with Gasteiger partial charge < -0.3 is 18.9 Å². The van der Waals surface area contributed by atoms with Crippen LogP contribution in [0.15, 0.2) is 53.4 Å². The summed E-state index contributed by atoms with van der Waals surface area (Å²) in [6, 6.07) is 15.0. The van der Waals surface area contributed by atoms with Crippen molar-refractivity contribution in [2.75, 3.05) is 32.0 Å². The van der Waals surface area contributed by atoms with Gasteiger partial charge in [0.2, 0.25) is 11.6 Å². The zero-order chi connectivity index (χ0) is 33.3. The molecule has 1 fully saturated rings. The molecule has 0 aromatic heterocycles. The van der Waals surface area contributed by atoms with Gasteiger partial charge in [0.05, 0.1) is 12.8 Å². The first-order valence-corrected chi connectivity index (χ1v) is 16.7. The van der Waals surface area contributed by atoms with Crippen molar-refractivity contribution in [3.63, 3.8) is 0 Å². The van der Waals surface area contributed by atoms with Gasteiger partial charge in [0.1, 0.15) is 40.3 Å². The quantitative estimate of drug-likeness (QED) is 0.247. The number of esters is 2. The van der Waals surface area contributed by atoms with Crippen LogP contribution in [0.25, 0.3) is 5.76 Å². The van der Waals surface area contributed by atoms with E-state index in [2.05, 4.69) is 25.7 Å². The van der Waals surface area contributed by atoms with Gasteiger partial charge in [0.25, 0.3) is 0 Å². The van der Waals surface area contributed by atoms with Crippen LogP contribution < -0.4 is 4.74 Å². The van der Waals surface area contributed by atoms with Crippen LogP contribution in [0.2, 0.25) is 0 Å². The molecule has 0 N–H and O–H groups in total. The van der Waals surface area contributed by atoms with Gasteiger partial charge in [0.15, 0.2) is 0 Å². The van der Waals surface area contributed by atoms with Gasteiger partial charge in [-0.3, -0.25) is 24.1 Å². The number of carbonyl (C=O) groups is 4. The summed E-state index contributed by atoms with van der Waals surface area (Å²) in [5.41, 5.74) is 1.01. The lowest BCUT2D eigenvalue weighted by Crippen LogP contribution is -2.44. The largest absolute Gasteiger partial charge is 0.490 e. The average molecular weight is 650 g/mol. The summed E-state index contributed by atoms with van der Waals surface area (Å²) in [6.07, 6.45) is -0.0755.